The average Bonchev–Trinajstić information content (AvgIpc) is 0.773. The molecule has 2 fully saturated rings. The van der Waals surface area contributed by atoms with E-state index < -0.39 is 102 Å². The van der Waals surface area contributed by atoms with Crippen molar-refractivity contribution in [1.82, 2.24) is 10.6 Å². The van der Waals surface area contributed by atoms with E-state index in [4.69, 9.17) is 23.3 Å². The summed E-state index contributed by atoms with van der Waals surface area (Å²) in [5.74, 6) is -1.46. The maximum atomic E-state index is 13.2. The maximum absolute atomic E-state index is 13.2. The van der Waals surface area contributed by atoms with Crippen molar-refractivity contribution in [1.29, 1.82) is 0 Å². The number of hydrogen-bond acceptors (Lipinski definition) is 15. The number of aliphatic hydroxyl groups is 5. The van der Waals surface area contributed by atoms with Crippen LogP contribution < -0.4 is 10.6 Å². The highest BCUT2D eigenvalue weighted by atomic mass is 31.3. The van der Waals surface area contributed by atoms with E-state index in [2.05, 4.69) is 230 Å². The van der Waals surface area contributed by atoms with Gasteiger partial charge in [0.2, 0.25) is 11.8 Å². The zero-order valence-electron chi connectivity index (χ0n) is 79.2. The Labute approximate surface area is 739 Å². The molecule has 0 aromatic carbocycles. The van der Waals surface area contributed by atoms with Gasteiger partial charge in [-0.25, -0.2) is 9.13 Å². The summed E-state index contributed by atoms with van der Waals surface area (Å²) in [6, 6.07) is -3.25. The predicted octanol–water partition coefficient (Wildman–Crippen LogP) is 24.8. The highest BCUT2D eigenvalue weighted by Crippen LogP contribution is 2.61. The van der Waals surface area contributed by atoms with Crippen molar-refractivity contribution in [3.05, 3.63) is 186 Å². The molecule has 21 heteroatoms. The molecule has 0 bridgehead atoms. The normalized spacial score (nSPS) is 23.0. The Morgan fingerprint density at radius 1 is 0.336 bits per heavy atom. The number of hydrogen-bond donors (Lipinski definition) is 9. The summed E-state index contributed by atoms with van der Waals surface area (Å²) < 4.78 is 57.8. The van der Waals surface area contributed by atoms with Crippen LogP contribution in [0.5, 0.6) is 0 Å². The lowest BCUT2D eigenvalue weighted by Crippen LogP contribution is -2.69. The largest absolute Gasteiger partial charge is 0.483 e. The molecule has 0 saturated carbocycles. The third-order valence-electron chi connectivity index (χ3n) is 22.8. The molecule has 0 radical (unpaired) electrons. The lowest BCUT2D eigenvalue weighted by atomic mass is 9.94. The first-order valence-electron chi connectivity index (χ1n) is 45.7. The highest BCUT2D eigenvalue weighted by Gasteiger charge is 2.54. The monoisotopic (exact) mass is 1740 g/mol. The van der Waals surface area contributed by atoms with Crippen LogP contribution in [0.2, 0.25) is 0 Å². The molecule has 19 nitrogen and oxygen atoms in total. The van der Waals surface area contributed by atoms with E-state index in [1.807, 2.05) is 6.92 Å². The fourth-order valence-corrected chi connectivity index (χ4v) is 16.8. The number of allylic oxidation sites excluding steroid dienone is 32. The van der Waals surface area contributed by atoms with Crippen molar-refractivity contribution in [2.45, 2.75) is 412 Å². The van der Waals surface area contributed by atoms with Crippen LogP contribution >= 0.6 is 15.6 Å². The van der Waals surface area contributed by atoms with Gasteiger partial charge in [0.1, 0.15) is 48.7 Å². The van der Waals surface area contributed by atoms with Crippen LogP contribution in [0.15, 0.2) is 186 Å². The zero-order valence-corrected chi connectivity index (χ0v) is 80.9. The number of nitrogens with one attached hydrogen (secondary N) is 2. The summed E-state index contributed by atoms with van der Waals surface area (Å²) in [5, 5.41) is 57.2. The van der Waals surface area contributed by atoms with Gasteiger partial charge < -0.3 is 60.2 Å². The minimum atomic E-state index is -5.61. The number of rotatable bonds is 62. The first-order chi connectivity index (χ1) is 57.7. The molecular formula is C101H168N2O17P2. The minimum Gasteiger partial charge on any atom is -0.394 e. The van der Waals surface area contributed by atoms with E-state index >= 15 is 0 Å². The maximum Gasteiger partial charge on any atom is 0.483 e. The van der Waals surface area contributed by atoms with Gasteiger partial charge in [-0.15, -0.1) is 0 Å². The first-order valence-corrected chi connectivity index (χ1v) is 48.6. The van der Waals surface area contributed by atoms with Gasteiger partial charge in [0.05, 0.1) is 19.8 Å². The Hall–Kier alpha value is -5.28. The molecule has 2 aliphatic heterocycles. The molecular weight excluding hydrogens is 1580 g/mol. The number of ether oxygens (including phenoxy) is 3. The summed E-state index contributed by atoms with van der Waals surface area (Å²) in [7, 11) is -10.9. The Morgan fingerprint density at radius 2 is 0.582 bits per heavy atom. The molecule has 0 aromatic heterocycles. The van der Waals surface area contributed by atoms with Crippen molar-refractivity contribution < 1.29 is 81.6 Å². The molecule has 0 spiro atoms. The summed E-state index contributed by atoms with van der Waals surface area (Å²) in [5.41, 5.74) is 23.5. The van der Waals surface area contributed by atoms with Gasteiger partial charge in [-0.1, -0.05) is 193 Å². The predicted molar refractivity (Wildman–Crippen MR) is 505 cm³/mol. The first kappa shape index (κ1) is 113. The molecule has 9 N–H and O–H groups in total. The van der Waals surface area contributed by atoms with Crippen LogP contribution in [0.25, 0.3) is 0 Å². The Balaban J connectivity index is 1.60. The lowest BCUT2D eigenvalue weighted by molar-refractivity contribution is -0.325. The van der Waals surface area contributed by atoms with Crippen LogP contribution in [-0.2, 0) is 46.3 Å². The minimum absolute atomic E-state index is 0.0319. The lowest BCUT2D eigenvalue weighted by Gasteiger charge is -2.48. The van der Waals surface area contributed by atoms with E-state index in [1.165, 1.54) is 102 Å². The second-order valence-electron chi connectivity index (χ2n) is 35.5. The summed E-state index contributed by atoms with van der Waals surface area (Å²) >= 11 is 0. The Bertz CT molecular complexity index is 3720. The number of phosphoric acid groups is 2. The molecule has 0 aromatic rings. The SMILES string of the molecule is CC(=O)N[C@H]1[C@@H](OP(=O)(O)OP(=O)(O)OCCC(C)CC/C=C(\C)CC/C=C(\C)CC/C=C(\C)CC/C=C(\C)CC/C=C(\C)CC/C=C(\C)CC/C=C(\C)CC/C=C(\C)CC/C=C(\C)CC/C=C(\C)CC/C=C(\C)CC/C=C(\C)CC/C=C(\C)CC/C=C(\C)CC/C=C(\C)CCC=C(C)C)O[C@H](CO)[C@@H](O[C@@H]2O[C@H](CO)[C@@H](O)[C@H](O)[C@H]2NC(C)=O)[C@@H]1O. The van der Waals surface area contributed by atoms with Crippen molar-refractivity contribution in [2.75, 3.05) is 19.8 Å². The third-order valence-corrected chi connectivity index (χ3v) is 25.4. The zero-order chi connectivity index (χ0) is 91.2. The van der Waals surface area contributed by atoms with Crippen molar-refractivity contribution >= 4 is 27.5 Å². The van der Waals surface area contributed by atoms with Gasteiger partial charge in [0.25, 0.3) is 0 Å². The van der Waals surface area contributed by atoms with E-state index in [-0.39, 0.29) is 12.5 Å². The molecule has 13 atom stereocenters. The molecule has 3 unspecified atom stereocenters. The number of carbonyl (C=O) groups is 2. The summed E-state index contributed by atoms with van der Waals surface area (Å²) in [6.45, 7) is 40.4. The number of carbonyl (C=O) groups excluding carboxylic acids is 2. The summed E-state index contributed by atoms with van der Waals surface area (Å²) in [4.78, 5) is 45.3. The highest BCUT2D eigenvalue weighted by molar-refractivity contribution is 7.61. The molecule has 122 heavy (non-hydrogen) atoms. The van der Waals surface area contributed by atoms with Gasteiger partial charge in [0.15, 0.2) is 12.6 Å². The average molecular weight is 1740 g/mol. The van der Waals surface area contributed by atoms with E-state index in [1.54, 1.807) is 0 Å². The standard InChI is InChI=1S/C101H168N2O17P2/c1-73(2)37-21-38-74(3)39-22-40-75(4)41-23-42-76(5)43-24-44-77(6)45-25-46-78(7)47-26-48-79(8)49-27-50-80(9)51-28-52-81(10)53-29-54-82(11)55-30-56-83(12)57-31-58-84(13)59-32-60-85(14)61-33-62-86(15)63-34-64-87(16)65-35-66-88(17)67-36-68-89(18)69-70-115-121(111,112)120-122(113,114)119-101-95(103-91(20)107)98(110)99(93(72-105)117-101)118-100-94(102-90(19)106)97(109)96(108)92(71-104)116-100/h37,39,41,43,45,47,49,51,53,55,57,59,61,63,65,67,89,92-101,104-105,108-110H,21-36,38,40,42,44,46,48,50,52,54,56,58,60,62,64,66,68-72H2,1-20H3,(H,102,106)(H,103,107)(H,111,112)(H,113,114)/b74-39+,75-41+,76-43+,77-45+,78-47+,79-49+,80-51+,81-53+,82-55+,83-57+,84-59+,85-61+,86-63+,87-65+,88-67+/t89?,92-,93-,94-,95-,96-,97-,98-,99-,100+,101-/m1/s1. The van der Waals surface area contributed by atoms with E-state index in [9.17, 15) is 54.0 Å². The molecule has 694 valence electrons. The Kier molecular flexibility index (Phi) is 59.6. The van der Waals surface area contributed by atoms with Crippen LogP contribution in [0.1, 0.15) is 350 Å². The second-order valence-corrected chi connectivity index (χ2v) is 38.5. The number of phosphoric ester groups is 2. The topological polar surface area (TPSA) is 289 Å². The number of amides is 2. The van der Waals surface area contributed by atoms with Gasteiger partial charge in [-0.2, -0.15) is 4.31 Å². The molecule has 2 aliphatic rings. The quantitative estimate of drug-likeness (QED) is 0.0202. The van der Waals surface area contributed by atoms with Crippen LogP contribution in [0, 0.1) is 5.92 Å². The van der Waals surface area contributed by atoms with Crippen LogP contribution in [0.3, 0.4) is 0 Å². The fourth-order valence-electron chi connectivity index (χ4n) is 14.7. The fraction of sp³-hybridized carbons (Fsp3) is 0.663. The van der Waals surface area contributed by atoms with Gasteiger partial charge >= 0.3 is 15.6 Å². The Morgan fingerprint density at radius 3 is 0.836 bits per heavy atom. The molecule has 2 heterocycles. The van der Waals surface area contributed by atoms with Crippen LogP contribution in [0.4, 0.5) is 0 Å². The second kappa shape index (κ2) is 64.5. The molecule has 2 saturated heterocycles. The van der Waals surface area contributed by atoms with Gasteiger partial charge in [0, 0.05) is 13.8 Å². The third kappa shape index (κ3) is 54.7. The van der Waals surface area contributed by atoms with Crippen LogP contribution in [-0.4, -0.2) is 128 Å². The molecule has 2 amide bonds. The molecule has 2 rings (SSSR count). The summed E-state index contributed by atoms with van der Waals surface area (Å²) in [6.07, 6.45) is 59.7. The smallest absolute Gasteiger partial charge is 0.394 e. The van der Waals surface area contributed by atoms with E-state index in [0.29, 0.717) is 6.42 Å². The van der Waals surface area contributed by atoms with Crippen molar-refractivity contribution in [3.63, 3.8) is 0 Å². The van der Waals surface area contributed by atoms with Crippen molar-refractivity contribution in [2.24, 2.45) is 5.92 Å². The number of aliphatic hydroxyl groups excluding tert-OH is 5. The molecule has 0 aliphatic carbocycles. The van der Waals surface area contributed by atoms with Crippen molar-refractivity contribution in [3.8, 4) is 0 Å². The van der Waals surface area contributed by atoms with E-state index in [0.717, 1.165) is 206 Å². The van der Waals surface area contributed by atoms with Gasteiger partial charge in [-0.3, -0.25) is 18.6 Å². The van der Waals surface area contributed by atoms with Gasteiger partial charge in [-0.05, 0) is 336 Å².